The van der Waals surface area contributed by atoms with Crippen LogP contribution in [0.1, 0.15) is 29.5 Å². The summed E-state index contributed by atoms with van der Waals surface area (Å²) in [4.78, 5) is 0. The summed E-state index contributed by atoms with van der Waals surface area (Å²) in [6.45, 7) is 1.94. The summed E-state index contributed by atoms with van der Waals surface area (Å²) in [6.07, 6.45) is 1.74. The van der Waals surface area contributed by atoms with E-state index in [1.54, 1.807) is 4.52 Å². The highest BCUT2D eigenvalue weighted by molar-refractivity contribution is 5.36. The van der Waals surface area contributed by atoms with Gasteiger partial charge in [0.05, 0.1) is 11.7 Å². The Morgan fingerprint density at radius 1 is 1.10 bits per heavy atom. The third-order valence-electron chi connectivity index (χ3n) is 3.34. The third kappa shape index (κ3) is 2.53. The number of hydrogen-bond acceptors (Lipinski definition) is 4. The molecule has 1 unspecified atom stereocenters. The zero-order chi connectivity index (χ0) is 13.9. The van der Waals surface area contributed by atoms with Gasteiger partial charge in [0.1, 0.15) is 0 Å². The number of nitrogens with zero attached hydrogens (tertiary/aromatic N) is 4. The molecule has 5 heteroatoms. The SMILES string of the molecule is Cc1ccc2nnc(C(N)CCc3ccccc3)n2n1. The molecule has 0 saturated heterocycles. The topological polar surface area (TPSA) is 69.1 Å². The van der Waals surface area contributed by atoms with Crippen LogP contribution in [0.4, 0.5) is 0 Å². The summed E-state index contributed by atoms with van der Waals surface area (Å²) in [5.74, 6) is 0.722. The molecule has 1 aromatic carbocycles. The third-order valence-corrected chi connectivity index (χ3v) is 3.34. The van der Waals surface area contributed by atoms with Gasteiger partial charge in [0.25, 0.3) is 0 Å². The van der Waals surface area contributed by atoms with Gasteiger partial charge >= 0.3 is 0 Å². The fraction of sp³-hybridized carbons (Fsp3) is 0.267. The lowest BCUT2D eigenvalue weighted by molar-refractivity contribution is 0.591. The molecule has 0 aliphatic carbocycles. The molecule has 0 spiro atoms. The number of hydrogen-bond donors (Lipinski definition) is 1. The maximum Gasteiger partial charge on any atom is 0.177 e. The van der Waals surface area contributed by atoms with Gasteiger partial charge in [-0.25, -0.2) is 0 Å². The van der Waals surface area contributed by atoms with Crippen LogP contribution in [0.2, 0.25) is 0 Å². The molecule has 0 aliphatic rings. The average molecular weight is 267 g/mol. The largest absolute Gasteiger partial charge is 0.321 e. The standard InChI is InChI=1S/C15H17N5/c1-11-7-10-14-17-18-15(20(14)19-11)13(16)9-8-12-5-3-2-4-6-12/h2-7,10,13H,8-9,16H2,1H3. The Hall–Kier alpha value is -2.27. The predicted octanol–water partition coefficient (Wildman–Crippen LogP) is 2.07. The van der Waals surface area contributed by atoms with E-state index in [-0.39, 0.29) is 6.04 Å². The van der Waals surface area contributed by atoms with Gasteiger partial charge in [-0.05, 0) is 37.5 Å². The van der Waals surface area contributed by atoms with Crippen LogP contribution in [0.5, 0.6) is 0 Å². The smallest absolute Gasteiger partial charge is 0.177 e. The molecule has 2 N–H and O–H groups in total. The quantitative estimate of drug-likeness (QED) is 0.785. The molecule has 2 aromatic heterocycles. The normalized spacial score (nSPS) is 12.7. The van der Waals surface area contributed by atoms with Crippen molar-refractivity contribution >= 4 is 5.65 Å². The van der Waals surface area contributed by atoms with E-state index in [9.17, 15) is 0 Å². The average Bonchev–Trinajstić information content (AvgIpc) is 2.89. The molecule has 0 radical (unpaired) electrons. The van der Waals surface area contributed by atoms with Crippen LogP contribution in [-0.2, 0) is 6.42 Å². The fourth-order valence-corrected chi connectivity index (χ4v) is 2.22. The first-order valence-electron chi connectivity index (χ1n) is 6.72. The second-order valence-corrected chi connectivity index (χ2v) is 4.93. The van der Waals surface area contributed by atoms with Crippen LogP contribution < -0.4 is 5.73 Å². The summed E-state index contributed by atoms with van der Waals surface area (Å²) in [5.41, 5.74) is 9.18. The molecule has 0 aliphatic heterocycles. The second kappa shape index (κ2) is 5.38. The first-order chi connectivity index (χ1) is 9.74. The maximum atomic E-state index is 6.24. The minimum atomic E-state index is -0.167. The molecule has 1 atom stereocenters. The number of benzene rings is 1. The molecule has 2 heterocycles. The van der Waals surface area contributed by atoms with E-state index in [0.29, 0.717) is 0 Å². The Labute approximate surface area is 117 Å². The van der Waals surface area contributed by atoms with Gasteiger partial charge in [-0.15, -0.1) is 10.2 Å². The molecule has 0 bridgehead atoms. The van der Waals surface area contributed by atoms with E-state index in [0.717, 1.165) is 30.0 Å². The van der Waals surface area contributed by atoms with Gasteiger partial charge in [-0.3, -0.25) is 0 Å². The molecule has 20 heavy (non-hydrogen) atoms. The van der Waals surface area contributed by atoms with Gasteiger partial charge in [0.2, 0.25) is 0 Å². The summed E-state index contributed by atoms with van der Waals surface area (Å²) >= 11 is 0. The zero-order valence-electron chi connectivity index (χ0n) is 11.4. The lowest BCUT2D eigenvalue weighted by Gasteiger charge is -2.09. The van der Waals surface area contributed by atoms with Crippen molar-refractivity contribution in [2.45, 2.75) is 25.8 Å². The molecular formula is C15H17N5. The predicted molar refractivity (Wildman–Crippen MR) is 77.2 cm³/mol. The molecule has 102 valence electrons. The molecule has 0 amide bonds. The van der Waals surface area contributed by atoms with Gasteiger partial charge in [0, 0.05) is 0 Å². The van der Waals surface area contributed by atoms with Crippen LogP contribution in [0.15, 0.2) is 42.5 Å². The number of aromatic nitrogens is 4. The van der Waals surface area contributed by atoms with E-state index in [2.05, 4.69) is 27.4 Å². The number of rotatable bonds is 4. The van der Waals surface area contributed by atoms with Crippen molar-refractivity contribution in [1.29, 1.82) is 0 Å². The highest BCUT2D eigenvalue weighted by atomic mass is 15.4. The summed E-state index contributed by atoms with van der Waals surface area (Å²) in [5, 5.41) is 12.7. The molecule has 3 aromatic rings. The Morgan fingerprint density at radius 3 is 2.70 bits per heavy atom. The van der Waals surface area contributed by atoms with Crippen molar-refractivity contribution in [3.63, 3.8) is 0 Å². The summed E-state index contributed by atoms with van der Waals surface area (Å²) < 4.78 is 1.74. The van der Waals surface area contributed by atoms with Crippen molar-refractivity contribution in [3.8, 4) is 0 Å². The fourth-order valence-electron chi connectivity index (χ4n) is 2.22. The van der Waals surface area contributed by atoms with Gasteiger partial charge in [-0.2, -0.15) is 9.61 Å². The van der Waals surface area contributed by atoms with E-state index in [4.69, 9.17) is 5.73 Å². The highest BCUT2D eigenvalue weighted by Gasteiger charge is 2.14. The lowest BCUT2D eigenvalue weighted by atomic mass is 10.1. The van der Waals surface area contributed by atoms with Crippen molar-refractivity contribution in [1.82, 2.24) is 19.8 Å². The lowest BCUT2D eigenvalue weighted by Crippen LogP contribution is -2.16. The van der Waals surface area contributed by atoms with Gasteiger partial charge in [-0.1, -0.05) is 30.3 Å². The Morgan fingerprint density at radius 2 is 1.90 bits per heavy atom. The van der Waals surface area contributed by atoms with E-state index < -0.39 is 0 Å². The zero-order valence-corrected chi connectivity index (χ0v) is 11.4. The van der Waals surface area contributed by atoms with Gasteiger partial charge < -0.3 is 5.73 Å². The Kier molecular flexibility index (Phi) is 3.43. The van der Waals surface area contributed by atoms with E-state index in [1.165, 1.54) is 5.56 Å². The molecule has 3 rings (SSSR count). The molecule has 5 nitrogen and oxygen atoms in total. The van der Waals surface area contributed by atoms with Crippen LogP contribution >= 0.6 is 0 Å². The minimum Gasteiger partial charge on any atom is -0.321 e. The molecular weight excluding hydrogens is 250 g/mol. The summed E-state index contributed by atoms with van der Waals surface area (Å²) in [7, 11) is 0. The van der Waals surface area contributed by atoms with E-state index in [1.807, 2.05) is 37.3 Å². The van der Waals surface area contributed by atoms with E-state index >= 15 is 0 Å². The van der Waals surface area contributed by atoms with Crippen molar-refractivity contribution in [2.24, 2.45) is 5.73 Å². The summed E-state index contributed by atoms with van der Waals surface area (Å²) in [6, 6.07) is 14.0. The number of nitrogens with two attached hydrogens (primary N) is 1. The molecule has 0 fully saturated rings. The Balaban J connectivity index is 1.78. The van der Waals surface area contributed by atoms with Crippen LogP contribution in [0.3, 0.4) is 0 Å². The van der Waals surface area contributed by atoms with Crippen molar-refractivity contribution in [2.75, 3.05) is 0 Å². The maximum absolute atomic E-state index is 6.24. The highest BCUT2D eigenvalue weighted by Crippen LogP contribution is 2.15. The van der Waals surface area contributed by atoms with Crippen LogP contribution in [0.25, 0.3) is 5.65 Å². The first-order valence-corrected chi connectivity index (χ1v) is 6.72. The first kappa shape index (κ1) is 12.7. The van der Waals surface area contributed by atoms with Crippen LogP contribution in [-0.4, -0.2) is 19.8 Å². The second-order valence-electron chi connectivity index (χ2n) is 4.93. The van der Waals surface area contributed by atoms with Crippen molar-refractivity contribution < 1.29 is 0 Å². The van der Waals surface area contributed by atoms with Crippen molar-refractivity contribution in [3.05, 3.63) is 59.5 Å². The molecule has 0 saturated carbocycles. The number of fused-ring (bicyclic) bond motifs is 1. The minimum absolute atomic E-state index is 0.167. The number of aryl methyl sites for hydroxylation is 2. The van der Waals surface area contributed by atoms with Gasteiger partial charge in [0.15, 0.2) is 11.5 Å². The monoisotopic (exact) mass is 267 g/mol. The Bertz CT molecular complexity index is 705. The van der Waals surface area contributed by atoms with Crippen LogP contribution in [0, 0.1) is 6.92 Å².